The number of rotatable bonds is 3. The number of hydrogen-bond donors (Lipinski definition) is 1. The molecule has 0 spiro atoms. The summed E-state index contributed by atoms with van der Waals surface area (Å²) >= 11 is 0. The van der Waals surface area contributed by atoms with Crippen LogP contribution >= 0.6 is 0 Å². The number of hydrogen-bond acceptors (Lipinski definition) is 2. The zero-order valence-corrected chi connectivity index (χ0v) is 7.63. The van der Waals surface area contributed by atoms with Crippen LogP contribution in [0.25, 0.3) is 0 Å². The molecule has 0 radical (unpaired) electrons. The van der Waals surface area contributed by atoms with E-state index in [-0.39, 0.29) is 0 Å². The molecule has 12 heavy (non-hydrogen) atoms. The van der Waals surface area contributed by atoms with Crippen LogP contribution in [0.2, 0.25) is 0 Å². The van der Waals surface area contributed by atoms with Gasteiger partial charge in [-0.2, -0.15) is 0 Å². The predicted molar refractivity (Wildman–Crippen MR) is 51.0 cm³/mol. The third-order valence-corrected chi connectivity index (χ3v) is 2.79. The molecule has 0 aromatic carbocycles. The van der Waals surface area contributed by atoms with Crippen LogP contribution in [0.3, 0.4) is 0 Å². The van der Waals surface area contributed by atoms with Gasteiger partial charge in [-0.25, -0.2) is 0 Å². The summed E-state index contributed by atoms with van der Waals surface area (Å²) in [6.45, 7) is 3.32. The first-order valence-corrected chi connectivity index (χ1v) is 5.02. The molecule has 0 atom stereocenters. The van der Waals surface area contributed by atoms with Gasteiger partial charge in [0.2, 0.25) is 0 Å². The first-order chi connectivity index (χ1) is 5.90. The summed E-state index contributed by atoms with van der Waals surface area (Å²) < 4.78 is 0. The van der Waals surface area contributed by atoms with Gasteiger partial charge in [-0.05, 0) is 32.2 Å². The number of nitrogens with zero attached hydrogens (tertiary/aromatic N) is 1. The minimum absolute atomic E-state index is 0.799. The second-order valence-corrected chi connectivity index (χ2v) is 3.89. The zero-order valence-electron chi connectivity index (χ0n) is 7.63. The van der Waals surface area contributed by atoms with Gasteiger partial charge in [-0.15, -0.1) is 0 Å². The van der Waals surface area contributed by atoms with Gasteiger partial charge in [0, 0.05) is 19.1 Å². The van der Waals surface area contributed by atoms with Crippen LogP contribution < -0.4 is 5.73 Å². The topological polar surface area (TPSA) is 29.3 Å². The molecule has 0 aromatic rings. The third kappa shape index (κ3) is 1.87. The second-order valence-electron chi connectivity index (χ2n) is 3.89. The van der Waals surface area contributed by atoms with E-state index in [4.69, 9.17) is 5.73 Å². The average molecular weight is 166 g/mol. The Hall–Kier alpha value is -0.340. The highest BCUT2D eigenvalue weighted by Crippen LogP contribution is 2.31. The Morgan fingerprint density at radius 2 is 2.33 bits per heavy atom. The van der Waals surface area contributed by atoms with Crippen LogP contribution in [0.5, 0.6) is 0 Å². The van der Waals surface area contributed by atoms with Crippen molar-refractivity contribution in [1.82, 2.24) is 4.90 Å². The molecular formula is C10H18N2. The number of likely N-dealkylation sites (tertiary alicyclic amines) is 1. The summed E-state index contributed by atoms with van der Waals surface area (Å²) in [6, 6.07) is 0.939. The quantitative estimate of drug-likeness (QED) is 0.637. The minimum atomic E-state index is 0.799. The summed E-state index contributed by atoms with van der Waals surface area (Å²) in [6.07, 6.45) is 7.56. The molecule has 2 nitrogen and oxygen atoms in total. The molecule has 1 saturated carbocycles. The van der Waals surface area contributed by atoms with Gasteiger partial charge in [-0.1, -0.05) is 11.6 Å². The maximum atomic E-state index is 5.46. The zero-order chi connectivity index (χ0) is 8.39. The van der Waals surface area contributed by atoms with Crippen molar-refractivity contribution >= 4 is 0 Å². The molecule has 68 valence electrons. The van der Waals surface area contributed by atoms with E-state index in [1.54, 1.807) is 5.57 Å². The molecule has 0 aromatic heterocycles. The Morgan fingerprint density at radius 3 is 3.00 bits per heavy atom. The van der Waals surface area contributed by atoms with E-state index < -0.39 is 0 Å². The predicted octanol–water partition coefficient (Wildman–Crippen LogP) is 1.13. The molecular weight excluding hydrogens is 148 g/mol. The van der Waals surface area contributed by atoms with E-state index in [9.17, 15) is 0 Å². The Balaban J connectivity index is 1.80. The van der Waals surface area contributed by atoms with Gasteiger partial charge < -0.3 is 5.73 Å². The van der Waals surface area contributed by atoms with E-state index in [2.05, 4.69) is 11.0 Å². The maximum absolute atomic E-state index is 5.46. The molecule has 2 rings (SSSR count). The molecule has 0 unspecified atom stereocenters. The fraction of sp³-hybridized carbons (Fsp3) is 0.800. The summed E-state index contributed by atoms with van der Waals surface area (Å²) in [5, 5.41) is 0. The van der Waals surface area contributed by atoms with Crippen LogP contribution in [0, 0.1) is 0 Å². The smallest absolute Gasteiger partial charge is 0.0196 e. The van der Waals surface area contributed by atoms with E-state index in [0.29, 0.717) is 0 Å². The van der Waals surface area contributed by atoms with Crippen LogP contribution in [0.1, 0.15) is 25.7 Å². The summed E-state index contributed by atoms with van der Waals surface area (Å²) in [5.41, 5.74) is 7.07. The van der Waals surface area contributed by atoms with Gasteiger partial charge in [0.25, 0.3) is 0 Å². The number of nitrogens with two attached hydrogens (primary N) is 1. The van der Waals surface area contributed by atoms with Crippen molar-refractivity contribution in [2.75, 3.05) is 19.6 Å². The van der Waals surface area contributed by atoms with Gasteiger partial charge in [-0.3, -0.25) is 4.90 Å². The lowest BCUT2D eigenvalue weighted by atomic mass is 10.2. The van der Waals surface area contributed by atoms with Crippen LogP contribution in [-0.2, 0) is 0 Å². The Morgan fingerprint density at radius 1 is 1.50 bits per heavy atom. The molecule has 1 heterocycles. The SMILES string of the molecule is NCCC=C1CCN(C2CC2)C1. The monoisotopic (exact) mass is 166 g/mol. The van der Waals surface area contributed by atoms with Crippen molar-refractivity contribution in [2.45, 2.75) is 31.7 Å². The molecule has 1 saturated heterocycles. The van der Waals surface area contributed by atoms with E-state index in [1.165, 1.54) is 32.4 Å². The summed E-state index contributed by atoms with van der Waals surface area (Å²) in [4.78, 5) is 2.61. The average Bonchev–Trinajstić information content (AvgIpc) is 2.83. The highest BCUT2D eigenvalue weighted by Gasteiger charge is 2.31. The molecule has 2 heteroatoms. The van der Waals surface area contributed by atoms with Gasteiger partial charge >= 0.3 is 0 Å². The van der Waals surface area contributed by atoms with Crippen molar-refractivity contribution in [1.29, 1.82) is 0 Å². The van der Waals surface area contributed by atoms with Crippen molar-refractivity contribution in [3.63, 3.8) is 0 Å². The van der Waals surface area contributed by atoms with Crippen molar-refractivity contribution in [3.05, 3.63) is 11.6 Å². The lowest BCUT2D eigenvalue weighted by Gasteiger charge is -2.11. The van der Waals surface area contributed by atoms with Gasteiger partial charge in [0.15, 0.2) is 0 Å². The maximum Gasteiger partial charge on any atom is 0.0196 e. The molecule has 1 aliphatic heterocycles. The minimum Gasteiger partial charge on any atom is -0.330 e. The largest absolute Gasteiger partial charge is 0.330 e. The highest BCUT2D eigenvalue weighted by atomic mass is 15.2. The van der Waals surface area contributed by atoms with Crippen molar-refractivity contribution in [2.24, 2.45) is 5.73 Å². The first-order valence-electron chi connectivity index (χ1n) is 5.02. The van der Waals surface area contributed by atoms with Crippen LogP contribution in [0.4, 0.5) is 0 Å². The Kier molecular flexibility index (Phi) is 2.47. The van der Waals surface area contributed by atoms with Crippen molar-refractivity contribution in [3.8, 4) is 0 Å². The first kappa shape index (κ1) is 8.27. The molecule has 2 N–H and O–H groups in total. The lowest BCUT2D eigenvalue weighted by molar-refractivity contribution is 0.334. The molecule has 0 bridgehead atoms. The van der Waals surface area contributed by atoms with Gasteiger partial charge in [0.1, 0.15) is 0 Å². The fourth-order valence-corrected chi connectivity index (χ4v) is 1.91. The molecule has 2 fully saturated rings. The normalized spacial score (nSPS) is 28.6. The lowest BCUT2D eigenvalue weighted by Crippen LogP contribution is -2.21. The van der Waals surface area contributed by atoms with Crippen LogP contribution in [-0.4, -0.2) is 30.6 Å². The van der Waals surface area contributed by atoms with Crippen molar-refractivity contribution < 1.29 is 0 Å². The van der Waals surface area contributed by atoms with E-state index in [0.717, 1.165) is 19.0 Å². The second kappa shape index (κ2) is 3.58. The van der Waals surface area contributed by atoms with Gasteiger partial charge in [0.05, 0.1) is 0 Å². The summed E-state index contributed by atoms with van der Waals surface area (Å²) in [5.74, 6) is 0. The van der Waals surface area contributed by atoms with Crippen LogP contribution in [0.15, 0.2) is 11.6 Å². The van der Waals surface area contributed by atoms with E-state index >= 15 is 0 Å². The fourth-order valence-electron chi connectivity index (χ4n) is 1.91. The highest BCUT2D eigenvalue weighted by molar-refractivity contribution is 5.11. The summed E-state index contributed by atoms with van der Waals surface area (Å²) in [7, 11) is 0. The standard InChI is InChI=1S/C10H18N2/c11-6-1-2-9-5-7-12(8-9)10-3-4-10/h2,10H,1,3-8,11H2. The third-order valence-electron chi connectivity index (χ3n) is 2.79. The van der Waals surface area contributed by atoms with E-state index in [1.807, 2.05) is 0 Å². The molecule has 1 aliphatic carbocycles. The molecule has 2 aliphatic rings. The molecule has 0 amide bonds. The Labute approximate surface area is 74.4 Å². The Bertz CT molecular complexity index is 182.